The average molecular weight is 314 g/mol. The van der Waals surface area contributed by atoms with Crippen LogP contribution < -0.4 is 10.9 Å². The Bertz CT molecular complexity index is 722. The van der Waals surface area contributed by atoms with Crippen molar-refractivity contribution in [2.24, 2.45) is 0 Å². The van der Waals surface area contributed by atoms with E-state index in [-0.39, 0.29) is 16.3 Å². The maximum absolute atomic E-state index is 13.8. The van der Waals surface area contributed by atoms with Gasteiger partial charge in [0.1, 0.15) is 11.6 Å². The van der Waals surface area contributed by atoms with E-state index < -0.39 is 17.7 Å². The molecule has 2 aromatic rings. The van der Waals surface area contributed by atoms with Crippen molar-refractivity contribution in [2.75, 3.05) is 5.32 Å². The minimum atomic E-state index is -0.819. The molecule has 0 amide bonds. The van der Waals surface area contributed by atoms with Crippen molar-refractivity contribution in [3.8, 4) is 0 Å². The molecule has 1 aromatic heterocycles. The van der Waals surface area contributed by atoms with Crippen molar-refractivity contribution >= 4 is 17.3 Å². The van der Waals surface area contributed by atoms with E-state index >= 15 is 0 Å². The van der Waals surface area contributed by atoms with Crippen LogP contribution >= 0.6 is 11.6 Å². The van der Waals surface area contributed by atoms with E-state index in [0.717, 1.165) is 12.1 Å². The lowest BCUT2D eigenvalue weighted by Gasteiger charge is -2.18. The molecule has 21 heavy (non-hydrogen) atoms. The predicted molar refractivity (Wildman–Crippen MR) is 77.7 cm³/mol. The van der Waals surface area contributed by atoms with Crippen molar-refractivity contribution in [1.82, 2.24) is 9.97 Å². The average Bonchev–Trinajstić information content (AvgIpc) is 2.32. The number of H-pyrrole nitrogens is 1. The number of halogens is 3. The summed E-state index contributed by atoms with van der Waals surface area (Å²) in [6.45, 7) is 5.04. The maximum atomic E-state index is 13.8. The number of aryl methyl sites for hydroxylation is 2. The van der Waals surface area contributed by atoms with Gasteiger partial charge in [-0.15, -0.1) is 0 Å². The van der Waals surface area contributed by atoms with E-state index in [1.807, 2.05) is 0 Å². The lowest BCUT2D eigenvalue weighted by molar-refractivity contribution is 0.583. The van der Waals surface area contributed by atoms with Gasteiger partial charge in [-0.1, -0.05) is 11.6 Å². The van der Waals surface area contributed by atoms with Gasteiger partial charge in [0.25, 0.3) is 5.56 Å². The molecule has 2 N–H and O–H groups in total. The van der Waals surface area contributed by atoms with Gasteiger partial charge < -0.3 is 10.3 Å². The Morgan fingerprint density at radius 3 is 2.57 bits per heavy atom. The lowest BCUT2D eigenvalue weighted by atomic mass is 10.1. The molecular weight excluding hydrogens is 300 g/mol. The Kier molecular flexibility index (Phi) is 4.27. The third kappa shape index (κ3) is 3.21. The zero-order chi connectivity index (χ0) is 15.7. The van der Waals surface area contributed by atoms with E-state index in [9.17, 15) is 13.6 Å². The Labute approximate surface area is 125 Å². The number of nitrogens with one attached hydrogen (secondary N) is 2. The van der Waals surface area contributed by atoms with Gasteiger partial charge in [-0.3, -0.25) is 4.79 Å². The van der Waals surface area contributed by atoms with Gasteiger partial charge in [-0.2, -0.15) is 0 Å². The molecule has 0 fully saturated rings. The van der Waals surface area contributed by atoms with Gasteiger partial charge in [-0.05, 0) is 26.8 Å². The number of nitrogens with zero attached hydrogens (tertiary/aromatic N) is 1. The van der Waals surface area contributed by atoms with Crippen LogP contribution in [-0.4, -0.2) is 9.97 Å². The topological polar surface area (TPSA) is 57.8 Å². The van der Waals surface area contributed by atoms with E-state index in [2.05, 4.69) is 15.3 Å². The van der Waals surface area contributed by atoms with Crippen molar-refractivity contribution < 1.29 is 8.78 Å². The second-order valence-corrected chi connectivity index (χ2v) is 5.17. The molecule has 0 radical (unpaired) electrons. The van der Waals surface area contributed by atoms with Gasteiger partial charge in [-0.25, -0.2) is 13.8 Å². The number of hydrogen-bond donors (Lipinski definition) is 2. The first-order valence-electron chi connectivity index (χ1n) is 6.28. The third-order valence-corrected chi connectivity index (χ3v) is 3.36. The normalized spacial score (nSPS) is 12.3. The van der Waals surface area contributed by atoms with Crippen LogP contribution in [0.15, 0.2) is 16.9 Å². The SMILES string of the molecule is Cc1nc(C)c(C(C)Nc2c(F)cc(F)cc2Cl)c(=O)[nH]1. The number of aromatic nitrogens is 2. The highest BCUT2D eigenvalue weighted by atomic mass is 35.5. The first-order chi connectivity index (χ1) is 9.79. The monoisotopic (exact) mass is 313 g/mol. The molecule has 0 aliphatic carbocycles. The van der Waals surface area contributed by atoms with Gasteiger partial charge in [0, 0.05) is 6.07 Å². The van der Waals surface area contributed by atoms with Gasteiger partial charge in [0.15, 0.2) is 5.82 Å². The highest BCUT2D eigenvalue weighted by Crippen LogP contribution is 2.29. The van der Waals surface area contributed by atoms with Crippen LogP contribution in [0.2, 0.25) is 5.02 Å². The molecule has 0 bridgehead atoms. The Hall–Kier alpha value is -1.95. The summed E-state index contributed by atoms with van der Waals surface area (Å²) in [4.78, 5) is 18.8. The molecule has 0 aliphatic rings. The Morgan fingerprint density at radius 1 is 1.33 bits per heavy atom. The van der Waals surface area contributed by atoms with Crippen LogP contribution in [0.3, 0.4) is 0 Å². The standard InChI is InChI=1S/C14H14ClF2N3O/c1-6-12(14(21)20-8(3)18-6)7(2)19-13-10(15)4-9(16)5-11(13)17/h4-5,7,19H,1-3H3,(H,18,20,21). The molecule has 1 aromatic carbocycles. The summed E-state index contributed by atoms with van der Waals surface area (Å²) >= 11 is 5.83. The van der Waals surface area contributed by atoms with Gasteiger partial charge in [0.05, 0.1) is 28.0 Å². The third-order valence-electron chi connectivity index (χ3n) is 3.06. The predicted octanol–water partition coefficient (Wildman–Crippen LogP) is 3.49. The van der Waals surface area contributed by atoms with E-state index in [1.54, 1.807) is 20.8 Å². The largest absolute Gasteiger partial charge is 0.375 e. The van der Waals surface area contributed by atoms with Crippen LogP contribution in [0, 0.1) is 25.5 Å². The van der Waals surface area contributed by atoms with Crippen molar-refractivity contribution in [3.05, 3.63) is 56.2 Å². The summed E-state index contributed by atoms with van der Waals surface area (Å²) in [7, 11) is 0. The number of anilines is 1. The quantitative estimate of drug-likeness (QED) is 0.912. The zero-order valence-electron chi connectivity index (χ0n) is 11.7. The maximum Gasteiger partial charge on any atom is 0.256 e. The smallest absolute Gasteiger partial charge is 0.256 e. The molecule has 2 rings (SSSR count). The van der Waals surface area contributed by atoms with Crippen LogP contribution in [0.1, 0.15) is 30.0 Å². The molecule has 7 heteroatoms. The van der Waals surface area contributed by atoms with Crippen LogP contribution in [-0.2, 0) is 0 Å². The molecule has 1 atom stereocenters. The molecule has 1 unspecified atom stereocenters. The first-order valence-corrected chi connectivity index (χ1v) is 6.66. The molecule has 0 saturated heterocycles. The molecule has 0 spiro atoms. The van der Waals surface area contributed by atoms with Crippen LogP contribution in [0.25, 0.3) is 0 Å². The van der Waals surface area contributed by atoms with Crippen molar-refractivity contribution in [3.63, 3.8) is 0 Å². The molecule has 0 saturated carbocycles. The fraction of sp³-hybridized carbons (Fsp3) is 0.286. The van der Waals surface area contributed by atoms with Crippen LogP contribution in [0.4, 0.5) is 14.5 Å². The second kappa shape index (κ2) is 5.81. The second-order valence-electron chi connectivity index (χ2n) is 4.76. The minimum Gasteiger partial charge on any atom is -0.375 e. The summed E-state index contributed by atoms with van der Waals surface area (Å²) in [6.07, 6.45) is 0. The number of rotatable bonds is 3. The van der Waals surface area contributed by atoms with E-state index in [4.69, 9.17) is 11.6 Å². The van der Waals surface area contributed by atoms with E-state index in [0.29, 0.717) is 17.1 Å². The fourth-order valence-electron chi connectivity index (χ4n) is 2.21. The summed E-state index contributed by atoms with van der Waals surface area (Å²) in [6, 6.07) is 1.19. The highest BCUT2D eigenvalue weighted by Gasteiger charge is 2.18. The van der Waals surface area contributed by atoms with Crippen molar-refractivity contribution in [1.29, 1.82) is 0 Å². The summed E-state index contributed by atoms with van der Waals surface area (Å²) in [5.41, 5.74) is 0.555. The zero-order valence-corrected chi connectivity index (χ0v) is 12.5. The number of hydrogen-bond acceptors (Lipinski definition) is 3. The highest BCUT2D eigenvalue weighted by molar-refractivity contribution is 6.33. The van der Waals surface area contributed by atoms with Gasteiger partial charge in [0.2, 0.25) is 0 Å². The van der Waals surface area contributed by atoms with Crippen LogP contribution in [0.5, 0.6) is 0 Å². The number of aromatic amines is 1. The molecular formula is C14H14ClF2N3O. The molecule has 4 nitrogen and oxygen atoms in total. The van der Waals surface area contributed by atoms with Gasteiger partial charge >= 0.3 is 0 Å². The molecule has 1 heterocycles. The lowest BCUT2D eigenvalue weighted by Crippen LogP contribution is -2.23. The summed E-state index contributed by atoms with van der Waals surface area (Å²) in [5, 5.41) is 2.70. The minimum absolute atomic E-state index is 0.0510. The van der Waals surface area contributed by atoms with Crippen molar-refractivity contribution in [2.45, 2.75) is 26.8 Å². The fourth-order valence-corrected chi connectivity index (χ4v) is 2.46. The number of benzene rings is 1. The Balaban J connectivity index is 2.40. The molecule has 112 valence electrons. The summed E-state index contributed by atoms with van der Waals surface area (Å²) < 4.78 is 26.8. The summed E-state index contributed by atoms with van der Waals surface area (Å²) in [5.74, 6) is -1.08. The first kappa shape index (κ1) is 15.4. The Morgan fingerprint density at radius 2 is 2.00 bits per heavy atom. The van der Waals surface area contributed by atoms with E-state index in [1.165, 1.54) is 0 Å². The molecule has 0 aliphatic heterocycles.